The molecule has 0 unspecified atom stereocenters. The lowest BCUT2D eigenvalue weighted by Crippen LogP contribution is -2.27. The van der Waals surface area contributed by atoms with Crippen LogP contribution in [0.2, 0.25) is 5.02 Å². The van der Waals surface area contributed by atoms with Crippen LogP contribution in [0.4, 0.5) is 0 Å². The highest BCUT2D eigenvalue weighted by molar-refractivity contribution is 6.30. The fourth-order valence-corrected chi connectivity index (χ4v) is 1.85. The average Bonchev–Trinajstić information content (AvgIpc) is 2.96. The van der Waals surface area contributed by atoms with Gasteiger partial charge in [-0.2, -0.15) is 0 Å². The van der Waals surface area contributed by atoms with Crippen molar-refractivity contribution in [2.45, 2.75) is 19.5 Å². The van der Waals surface area contributed by atoms with E-state index in [4.69, 9.17) is 16.0 Å². The number of rotatable bonds is 7. The summed E-state index contributed by atoms with van der Waals surface area (Å²) in [6.07, 6.45) is 2.03. The van der Waals surface area contributed by atoms with Crippen LogP contribution in [0, 0.1) is 0 Å². The molecule has 1 heterocycles. The Balaban J connectivity index is 1.58. The van der Waals surface area contributed by atoms with Crippen LogP contribution < -0.4 is 10.6 Å². The molecular weight excluding hydrogens is 276 g/mol. The lowest BCUT2D eigenvalue weighted by atomic mass is 10.2. The Hall–Kier alpha value is -1.78. The molecule has 106 valence electrons. The molecule has 0 radical (unpaired) electrons. The maximum absolute atomic E-state index is 11.6. The third-order valence-electron chi connectivity index (χ3n) is 2.81. The van der Waals surface area contributed by atoms with E-state index >= 15 is 0 Å². The first kappa shape index (κ1) is 14.6. The molecule has 20 heavy (non-hydrogen) atoms. The number of amides is 1. The fourth-order valence-electron chi connectivity index (χ4n) is 1.72. The fraction of sp³-hybridized carbons (Fsp3) is 0.267. The Kier molecular flexibility index (Phi) is 5.65. The first-order valence-corrected chi connectivity index (χ1v) is 6.86. The summed E-state index contributed by atoms with van der Waals surface area (Å²) in [5.41, 5.74) is 1.14. The molecule has 0 atom stereocenters. The Morgan fingerprint density at radius 2 is 1.95 bits per heavy atom. The maximum atomic E-state index is 11.6. The molecule has 1 amide bonds. The molecule has 1 aromatic carbocycles. The number of furan rings is 1. The van der Waals surface area contributed by atoms with E-state index in [0.29, 0.717) is 19.5 Å². The van der Waals surface area contributed by atoms with Gasteiger partial charge in [-0.05, 0) is 29.8 Å². The predicted octanol–water partition coefficient (Wildman–Crippen LogP) is 2.73. The van der Waals surface area contributed by atoms with E-state index in [-0.39, 0.29) is 5.91 Å². The molecule has 2 aromatic rings. The Bertz CT molecular complexity index is 523. The number of halogens is 1. The van der Waals surface area contributed by atoms with Crippen molar-refractivity contribution in [3.05, 3.63) is 59.0 Å². The van der Waals surface area contributed by atoms with Gasteiger partial charge in [-0.1, -0.05) is 23.7 Å². The Labute approximate surface area is 123 Å². The minimum atomic E-state index is 0.00464. The maximum Gasteiger partial charge on any atom is 0.221 e. The summed E-state index contributed by atoms with van der Waals surface area (Å²) in [6, 6.07) is 11.3. The molecule has 0 fully saturated rings. The van der Waals surface area contributed by atoms with Gasteiger partial charge in [0.1, 0.15) is 5.76 Å². The molecule has 0 aliphatic carbocycles. The van der Waals surface area contributed by atoms with Gasteiger partial charge in [0.25, 0.3) is 0 Å². The van der Waals surface area contributed by atoms with Gasteiger partial charge in [0, 0.05) is 24.5 Å². The van der Waals surface area contributed by atoms with Crippen molar-refractivity contribution < 1.29 is 9.21 Å². The van der Waals surface area contributed by atoms with E-state index in [9.17, 15) is 4.79 Å². The smallest absolute Gasteiger partial charge is 0.221 e. The SMILES string of the molecule is O=C(CCNCc1ccc(Cl)cc1)NCc1ccco1. The second kappa shape index (κ2) is 7.72. The van der Waals surface area contributed by atoms with E-state index in [1.165, 1.54) is 0 Å². The van der Waals surface area contributed by atoms with Crippen molar-refractivity contribution in [1.29, 1.82) is 0 Å². The van der Waals surface area contributed by atoms with Crippen molar-refractivity contribution >= 4 is 17.5 Å². The lowest BCUT2D eigenvalue weighted by Gasteiger charge is -2.06. The van der Waals surface area contributed by atoms with Crippen LogP contribution >= 0.6 is 11.6 Å². The number of nitrogens with one attached hydrogen (secondary N) is 2. The van der Waals surface area contributed by atoms with Crippen LogP contribution in [0.25, 0.3) is 0 Å². The average molecular weight is 293 g/mol. The van der Waals surface area contributed by atoms with Crippen molar-refractivity contribution in [2.75, 3.05) is 6.54 Å². The number of carbonyl (C=O) groups excluding carboxylic acids is 1. The number of benzene rings is 1. The van der Waals surface area contributed by atoms with Crippen LogP contribution in [0.15, 0.2) is 47.1 Å². The normalized spacial score (nSPS) is 10.4. The zero-order valence-corrected chi connectivity index (χ0v) is 11.8. The van der Waals surface area contributed by atoms with Gasteiger partial charge >= 0.3 is 0 Å². The Morgan fingerprint density at radius 3 is 2.65 bits per heavy atom. The summed E-state index contributed by atoms with van der Waals surface area (Å²) in [4.78, 5) is 11.6. The summed E-state index contributed by atoms with van der Waals surface area (Å²) in [7, 11) is 0. The molecule has 0 aliphatic rings. The van der Waals surface area contributed by atoms with Gasteiger partial charge in [0.15, 0.2) is 0 Å². The molecule has 2 N–H and O–H groups in total. The van der Waals surface area contributed by atoms with Crippen LogP contribution in [0.3, 0.4) is 0 Å². The van der Waals surface area contributed by atoms with Crippen LogP contribution in [-0.4, -0.2) is 12.5 Å². The standard InChI is InChI=1S/C15H17ClN2O2/c16-13-5-3-12(4-6-13)10-17-8-7-15(19)18-11-14-2-1-9-20-14/h1-6,9,17H,7-8,10-11H2,(H,18,19). The topological polar surface area (TPSA) is 54.3 Å². The predicted molar refractivity (Wildman–Crippen MR) is 78.3 cm³/mol. The molecular formula is C15H17ClN2O2. The Morgan fingerprint density at radius 1 is 1.15 bits per heavy atom. The van der Waals surface area contributed by atoms with E-state index < -0.39 is 0 Å². The van der Waals surface area contributed by atoms with Gasteiger partial charge in [-0.15, -0.1) is 0 Å². The summed E-state index contributed by atoms with van der Waals surface area (Å²) in [6.45, 7) is 1.79. The van der Waals surface area contributed by atoms with Crippen molar-refractivity contribution in [3.8, 4) is 0 Å². The third-order valence-corrected chi connectivity index (χ3v) is 3.06. The van der Waals surface area contributed by atoms with Crippen molar-refractivity contribution in [3.63, 3.8) is 0 Å². The van der Waals surface area contributed by atoms with Crippen LogP contribution in [0.5, 0.6) is 0 Å². The van der Waals surface area contributed by atoms with E-state index in [1.54, 1.807) is 12.3 Å². The van der Waals surface area contributed by atoms with Crippen LogP contribution in [0.1, 0.15) is 17.7 Å². The summed E-state index contributed by atoms with van der Waals surface area (Å²) < 4.78 is 5.14. The summed E-state index contributed by atoms with van der Waals surface area (Å²) in [5, 5.41) is 6.75. The molecule has 4 nitrogen and oxygen atoms in total. The first-order chi connectivity index (χ1) is 9.74. The van der Waals surface area contributed by atoms with Gasteiger partial charge in [0.05, 0.1) is 12.8 Å². The highest BCUT2D eigenvalue weighted by Crippen LogP contribution is 2.09. The van der Waals surface area contributed by atoms with Gasteiger partial charge in [0.2, 0.25) is 5.91 Å². The molecule has 0 spiro atoms. The number of carbonyl (C=O) groups is 1. The van der Waals surface area contributed by atoms with Gasteiger partial charge in [-0.3, -0.25) is 4.79 Å². The number of hydrogen-bond acceptors (Lipinski definition) is 3. The largest absolute Gasteiger partial charge is 0.467 e. The van der Waals surface area contributed by atoms with E-state index in [2.05, 4.69) is 10.6 Å². The molecule has 0 bridgehead atoms. The second-order valence-electron chi connectivity index (χ2n) is 4.41. The first-order valence-electron chi connectivity index (χ1n) is 6.48. The minimum Gasteiger partial charge on any atom is -0.467 e. The quantitative estimate of drug-likeness (QED) is 0.772. The highest BCUT2D eigenvalue weighted by atomic mass is 35.5. The molecule has 0 aliphatic heterocycles. The lowest BCUT2D eigenvalue weighted by molar-refractivity contribution is -0.121. The van der Waals surface area contributed by atoms with Gasteiger partial charge < -0.3 is 15.1 Å². The molecule has 0 saturated carbocycles. The monoisotopic (exact) mass is 292 g/mol. The minimum absolute atomic E-state index is 0.00464. The summed E-state index contributed by atoms with van der Waals surface area (Å²) in [5.74, 6) is 0.762. The van der Waals surface area contributed by atoms with Crippen molar-refractivity contribution in [1.82, 2.24) is 10.6 Å². The van der Waals surface area contributed by atoms with Gasteiger partial charge in [-0.25, -0.2) is 0 Å². The molecule has 5 heteroatoms. The molecule has 1 aromatic heterocycles. The second-order valence-corrected chi connectivity index (χ2v) is 4.85. The molecule has 0 saturated heterocycles. The van der Waals surface area contributed by atoms with E-state index in [0.717, 1.165) is 22.9 Å². The van der Waals surface area contributed by atoms with Crippen molar-refractivity contribution in [2.24, 2.45) is 0 Å². The third kappa shape index (κ3) is 5.07. The number of hydrogen-bond donors (Lipinski definition) is 2. The van der Waals surface area contributed by atoms with Crippen LogP contribution in [-0.2, 0) is 17.9 Å². The van der Waals surface area contributed by atoms with E-state index in [1.807, 2.05) is 30.3 Å². The highest BCUT2D eigenvalue weighted by Gasteiger charge is 2.02. The zero-order valence-electron chi connectivity index (χ0n) is 11.1. The summed E-state index contributed by atoms with van der Waals surface area (Å²) >= 11 is 5.81. The molecule has 2 rings (SSSR count). The zero-order chi connectivity index (χ0) is 14.2.